The van der Waals surface area contributed by atoms with Gasteiger partial charge in [0.15, 0.2) is 0 Å². The molecule has 0 saturated heterocycles. The lowest BCUT2D eigenvalue weighted by atomic mass is 10.0. The molecule has 0 aromatic rings. The molecule has 0 spiro atoms. The van der Waals surface area contributed by atoms with Gasteiger partial charge in [-0.3, -0.25) is 0 Å². The Morgan fingerprint density at radius 2 is 0.857 bits per heavy atom. The number of rotatable bonds is 16. The molecule has 0 aromatic carbocycles. The van der Waals surface area contributed by atoms with Gasteiger partial charge in [0, 0.05) is 6.42 Å². The quantitative estimate of drug-likeness (QED) is 0.170. The van der Waals surface area contributed by atoms with Gasteiger partial charge in [-0.25, -0.2) is 0 Å². The largest absolute Gasteiger partial charge is 0.0922 e. The fourth-order valence-electron chi connectivity index (χ4n) is 2.82. The van der Waals surface area contributed by atoms with Crippen molar-refractivity contribution in [1.29, 1.82) is 0 Å². The highest BCUT2D eigenvalue weighted by Gasteiger charge is 1.94. The predicted octanol–water partition coefficient (Wildman–Crippen LogP) is 7.53. The lowest BCUT2D eigenvalue weighted by molar-refractivity contribution is 0.530. The van der Waals surface area contributed by atoms with Gasteiger partial charge in [-0.1, -0.05) is 122 Å². The molecule has 0 nitrogen and oxygen atoms in total. The van der Waals surface area contributed by atoms with Crippen molar-refractivity contribution >= 4 is 12.6 Å². The van der Waals surface area contributed by atoms with Gasteiger partial charge in [0.1, 0.15) is 0 Å². The van der Waals surface area contributed by atoms with Crippen LogP contribution in [0.2, 0.25) is 0 Å². The van der Waals surface area contributed by atoms with Crippen LogP contribution in [0.3, 0.4) is 0 Å². The van der Waals surface area contributed by atoms with Crippen LogP contribution >= 0.6 is 12.6 Å². The summed E-state index contributed by atoms with van der Waals surface area (Å²) in [5.41, 5.74) is 0. The summed E-state index contributed by atoms with van der Waals surface area (Å²) in [6.07, 6.45) is 23.9. The topological polar surface area (TPSA) is 0 Å². The summed E-state index contributed by atoms with van der Waals surface area (Å²) < 4.78 is 0. The highest BCUT2D eigenvalue weighted by atomic mass is 32.1. The molecule has 0 heterocycles. The van der Waals surface area contributed by atoms with E-state index in [4.69, 9.17) is 0 Å². The maximum absolute atomic E-state index is 3.89. The van der Waals surface area contributed by atoms with Crippen molar-refractivity contribution in [2.75, 3.05) is 0 Å². The molecular formula is C20H38S. The first kappa shape index (κ1) is 20.9. The number of thiol groups is 1. The average molecular weight is 311 g/mol. The van der Waals surface area contributed by atoms with E-state index >= 15 is 0 Å². The Morgan fingerprint density at radius 3 is 1.19 bits per heavy atom. The lowest BCUT2D eigenvalue weighted by Crippen LogP contribution is -1.83. The van der Waals surface area contributed by atoms with Crippen molar-refractivity contribution in [3.63, 3.8) is 0 Å². The smallest absolute Gasteiger partial charge is 0.00975 e. The third-order valence-electron chi connectivity index (χ3n) is 4.23. The number of hydrogen-bond donors (Lipinski definition) is 1. The Labute approximate surface area is 140 Å². The molecule has 0 atom stereocenters. The monoisotopic (exact) mass is 310 g/mol. The van der Waals surface area contributed by atoms with Gasteiger partial charge in [-0.2, -0.15) is 0 Å². The second kappa shape index (κ2) is 19.9. The first-order chi connectivity index (χ1) is 10.4. The van der Waals surface area contributed by atoms with Gasteiger partial charge >= 0.3 is 0 Å². The minimum atomic E-state index is 1.03. The van der Waals surface area contributed by atoms with E-state index in [-0.39, 0.29) is 0 Å². The number of unbranched alkanes of at least 4 members (excludes halogenated alkanes) is 16. The molecule has 0 N–H and O–H groups in total. The van der Waals surface area contributed by atoms with Crippen LogP contribution < -0.4 is 0 Å². The Hall–Kier alpha value is -0.0900. The fourth-order valence-corrected chi connectivity index (χ4v) is 2.93. The standard InChI is InChI=1S/C20H38S/c1-2-3-4-5-6-7-8-9-10-11-12-13-14-15-16-17-18-19-20-21/h21H,2-18H2,1H3. The van der Waals surface area contributed by atoms with E-state index in [2.05, 4.69) is 30.7 Å². The normalized spacial score (nSPS) is 10.4. The van der Waals surface area contributed by atoms with E-state index in [9.17, 15) is 0 Å². The van der Waals surface area contributed by atoms with Crippen molar-refractivity contribution in [1.82, 2.24) is 0 Å². The molecule has 0 bridgehead atoms. The molecule has 0 fully saturated rings. The van der Waals surface area contributed by atoms with Gasteiger partial charge in [0.25, 0.3) is 0 Å². The summed E-state index contributed by atoms with van der Waals surface area (Å²) in [5.74, 6) is 3.01. The van der Waals surface area contributed by atoms with Crippen LogP contribution in [0.1, 0.15) is 116 Å². The Morgan fingerprint density at radius 1 is 0.524 bits per heavy atom. The second-order valence-corrected chi connectivity index (χ2v) is 6.57. The zero-order valence-corrected chi connectivity index (χ0v) is 15.4. The van der Waals surface area contributed by atoms with E-state index in [0.29, 0.717) is 0 Å². The van der Waals surface area contributed by atoms with E-state index in [0.717, 1.165) is 6.42 Å². The predicted molar refractivity (Wildman–Crippen MR) is 101 cm³/mol. The molecule has 0 aromatic heterocycles. The summed E-state index contributed by atoms with van der Waals surface area (Å²) >= 11 is 3.89. The van der Waals surface area contributed by atoms with Crippen LogP contribution in [0, 0.1) is 11.2 Å². The summed E-state index contributed by atoms with van der Waals surface area (Å²) in [5, 5.41) is 2.66. The van der Waals surface area contributed by atoms with Crippen molar-refractivity contribution < 1.29 is 0 Å². The molecule has 21 heavy (non-hydrogen) atoms. The second-order valence-electron chi connectivity index (χ2n) is 6.34. The van der Waals surface area contributed by atoms with Crippen LogP contribution in [0.5, 0.6) is 0 Å². The van der Waals surface area contributed by atoms with Crippen LogP contribution in [-0.4, -0.2) is 0 Å². The summed E-state index contributed by atoms with van der Waals surface area (Å²) in [6, 6.07) is 0. The van der Waals surface area contributed by atoms with Crippen molar-refractivity contribution in [3.05, 3.63) is 0 Å². The SMILES string of the molecule is CCCCCCCCCCCCCCCCCCC#CS. The zero-order chi connectivity index (χ0) is 15.4. The van der Waals surface area contributed by atoms with Gasteiger partial charge in [-0.15, -0.1) is 0 Å². The molecule has 1 heteroatoms. The lowest BCUT2D eigenvalue weighted by Gasteiger charge is -2.03. The molecule has 0 radical (unpaired) electrons. The molecule has 0 aliphatic carbocycles. The highest BCUT2D eigenvalue weighted by Crippen LogP contribution is 2.13. The average Bonchev–Trinajstić information content (AvgIpc) is 2.50. The maximum atomic E-state index is 3.89. The number of hydrogen-bond acceptors (Lipinski definition) is 1. The van der Waals surface area contributed by atoms with Gasteiger partial charge < -0.3 is 0 Å². The Kier molecular flexibility index (Phi) is 19.8. The van der Waals surface area contributed by atoms with E-state index < -0.39 is 0 Å². The van der Waals surface area contributed by atoms with E-state index in [1.165, 1.54) is 103 Å². The Bertz CT molecular complexity index is 236. The molecule has 0 unspecified atom stereocenters. The van der Waals surface area contributed by atoms with Crippen LogP contribution in [0.25, 0.3) is 0 Å². The summed E-state index contributed by atoms with van der Waals surface area (Å²) in [7, 11) is 0. The van der Waals surface area contributed by atoms with Gasteiger partial charge in [-0.05, 0) is 11.7 Å². The minimum Gasteiger partial charge on any atom is -0.0922 e. The van der Waals surface area contributed by atoms with Crippen LogP contribution in [0.4, 0.5) is 0 Å². The summed E-state index contributed by atoms with van der Waals surface area (Å²) in [4.78, 5) is 0. The van der Waals surface area contributed by atoms with Crippen LogP contribution in [-0.2, 0) is 0 Å². The zero-order valence-electron chi connectivity index (χ0n) is 14.5. The summed E-state index contributed by atoms with van der Waals surface area (Å²) in [6.45, 7) is 2.29. The van der Waals surface area contributed by atoms with Crippen molar-refractivity contribution in [2.24, 2.45) is 0 Å². The van der Waals surface area contributed by atoms with Gasteiger partial charge in [0.05, 0.1) is 0 Å². The van der Waals surface area contributed by atoms with E-state index in [1.807, 2.05) is 0 Å². The van der Waals surface area contributed by atoms with E-state index in [1.54, 1.807) is 0 Å². The van der Waals surface area contributed by atoms with Gasteiger partial charge in [0.2, 0.25) is 0 Å². The highest BCUT2D eigenvalue weighted by molar-refractivity contribution is 7.85. The molecule has 124 valence electrons. The first-order valence-electron chi connectivity index (χ1n) is 9.53. The minimum absolute atomic E-state index is 1.03. The third-order valence-corrected chi connectivity index (χ3v) is 4.39. The Balaban J connectivity index is 2.94. The molecular weight excluding hydrogens is 272 g/mol. The molecule has 0 saturated carbocycles. The first-order valence-corrected chi connectivity index (χ1v) is 9.98. The maximum Gasteiger partial charge on any atom is 0.00975 e. The molecule has 0 aliphatic heterocycles. The van der Waals surface area contributed by atoms with Crippen LogP contribution in [0.15, 0.2) is 0 Å². The fraction of sp³-hybridized carbons (Fsp3) is 0.900. The molecule has 0 aliphatic rings. The van der Waals surface area contributed by atoms with Crippen molar-refractivity contribution in [2.45, 2.75) is 116 Å². The van der Waals surface area contributed by atoms with Crippen molar-refractivity contribution in [3.8, 4) is 11.2 Å². The molecule has 0 amide bonds. The third kappa shape index (κ3) is 19.9. The molecule has 0 rings (SSSR count).